The number of carbonyl (C=O) groups excluding carboxylic acids is 1. The van der Waals surface area contributed by atoms with Crippen molar-refractivity contribution in [1.82, 2.24) is 4.57 Å². The number of benzene rings is 4. The maximum absolute atomic E-state index is 13.5. The van der Waals surface area contributed by atoms with E-state index < -0.39 is 29.4 Å². The van der Waals surface area contributed by atoms with Crippen molar-refractivity contribution in [2.24, 2.45) is 5.73 Å². The normalized spacial score (nSPS) is 12.4. The maximum Gasteiger partial charge on any atom is 0.416 e. The van der Waals surface area contributed by atoms with Gasteiger partial charge < -0.3 is 10.3 Å². The third-order valence-corrected chi connectivity index (χ3v) is 7.03. The largest absolute Gasteiger partial charge is 0.416 e. The van der Waals surface area contributed by atoms with Gasteiger partial charge in [-0.2, -0.15) is 26.3 Å². The molecule has 0 aliphatic heterocycles. The van der Waals surface area contributed by atoms with Gasteiger partial charge in [-0.3, -0.25) is 4.79 Å². The van der Waals surface area contributed by atoms with E-state index in [0.717, 1.165) is 0 Å². The summed E-state index contributed by atoms with van der Waals surface area (Å²) < 4.78 is 82.7. The first-order valence-corrected chi connectivity index (χ1v) is 12.1. The Bertz CT molecular complexity index is 1720. The van der Waals surface area contributed by atoms with Gasteiger partial charge in [0.15, 0.2) is 0 Å². The highest BCUT2D eigenvalue weighted by Gasteiger charge is 2.37. The minimum absolute atomic E-state index is 0.0814. The molecule has 200 valence electrons. The lowest BCUT2D eigenvalue weighted by atomic mass is 10.0. The molecular weight excluding hydrogens is 565 g/mol. The van der Waals surface area contributed by atoms with Gasteiger partial charge in [0, 0.05) is 38.5 Å². The first-order valence-electron chi connectivity index (χ1n) is 11.3. The Labute approximate surface area is 227 Å². The zero-order valence-electron chi connectivity index (χ0n) is 19.6. The second-order valence-electron chi connectivity index (χ2n) is 8.89. The van der Waals surface area contributed by atoms with Gasteiger partial charge >= 0.3 is 12.4 Å². The van der Waals surface area contributed by atoms with Crippen molar-refractivity contribution >= 4 is 50.9 Å². The number of alkyl halides is 6. The molecule has 0 saturated carbocycles. The van der Waals surface area contributed by atoms with Crippen molar-refractivity contribution in [3.05, 3.63) is 105 Å². The van der Waals surface area contributed by atoms with Crippen molar-refractivity contribution in [3.63, 3.8) is 0 Å². The van der Waals surface area contributed by atoms with Crippen molar-refractivity contribution in [3.8, 4) is 11.1 Å². The maximum atomic E-state index is 13.5. The van der Waals surface area contributed by atoms with E-state index in [1.54, 1.807) is 47.0 Å². The Balaban J connectivity index is 1.81. The molecule has 0 bridgehead atoms. The molecule has 1 heterocycles. The summed E-state index contributed by atoms with van der Waals surface area (Å²) in [6.45, 7) is -0.366. The summed E-state index contributed by atoms with van der Waals surface area (Å²) >= 11 is 12.8. The van der Waals surface area contributed by atoms with E-state index >= 15 is 0 Å². The first-order chi connectivity index (χ1) is 18.3. The van der Waals surface area contributed by atoms with Gasteiger partial charge in [-0.15, -0.1) is 0 Å². The molecule has 0 atom stereocenters. The summed E-state index contributed by atoms with van der Waals surface area (Å²) in [5.74, 6) is -0.740. The van der Waals surface area contributed by atoms with Crippen LogP contribution in [0, 0.1) is 0 Å². The number of nitrogens with two attached hydrogens (primary N) is 1. The summed E-state index contributed by atoms with van der Waals surface area (Å²) in [4.78, 5) is 12.2. The number of rotatable bonds is 4. The number of halogens is 8. The van der Waals surface area contributed by atoms with Crippen LogP contribution in [-0.2, 0) is 18.9 Å². The minimum atomic E-state index is -5.00. The number of aromatic nitrogens is 1. The van der Waals surface area contributed by atoms with E-state index in [1.807, 2.05) is 0 Å². The van der Waals surface area contributed by atoms with Gasteiger partial charge in [-0.25, -0.2) is 0 Å². The highest BCUT2D eigenvalue weighted by molar-refractivity contribution is 6.39. The molecule has 0 fully saturated rings. The second kappa shape index (κ2) is 9.50. The topological polar surface area (TPSA) is 48.0 Å². The molecule has 5 aromatic rings. The van der Waals surface area contributed by atoms with Crippen LogP contribution in [0.1, 0.15) is 27.0 Å². The molecule has 0 saturated heterocycles. The Kier molecular flexibility index (Phi) is 6.55. The van der Waals surface area contributed by atoms with Crippen molar-refractivity contribution in [1.29, 1.82) is 0 Å². The molecular formula is C28H16Cl2F6N2O. The third kappa shape index (κ3) is 4.92. The predicted molar refractivity (Wildman–Crippen MR) is 139 cm³/mol. The van der Waals surface area contributed by atoms with Crippen molar-refractivity contribution in [2.75, 3.05) is 0 Å². The molecule has 0 aliphatic rings. The van der Waals surface area contributed by atoms with Gasteiger partial charge in [0.25, 0.3) is 0 Å². The average molecular weight is 581 g/mol. The van der Waals surface area contributed by atoms with Gasteiger partial charge in [-0.1, -0.05) is 47.5 Å². The zero-order chi connectivity index (χ0) is 28.3. The molecule has 0 unspecified atom stereocenters. The lowest BCUT2D eigenvalue weighted by molar-refractivity contribution is -0.143. The predicted octanol–water partition coefficient (Wildman–Crippen LogP) is 8.95. The fraction of sp³-hybridized carbons (Fsp3) is 0.107. The van der Waals surface area contributed by atoms with Gasteiger partial charge in [0.2, 0.25) is 5.91 Å². The SMILES string of the molecule is NC(=O)c1cccc2c1c1ccc(-c3c(Cl)cccc3Cl)cc1n2Cc1cc(C(F)(F)F)cc(C(F)(F)F)c1. The number of fused-ring (bicyclic) bond motifs is 3. The van der Waals surface area contributed by atoms with Gasteiger partial charge in [0.05, 0.1) is 22.2 Å². The molecule has 0 aliphatic carbocycles. The number of hydrogen-bond acceptors (Lipinski definition) is 1. The number of carbonyl (C=O) groups is 1. The van der Waals surface area contributed by atoms with E-state index in [-0.39, 0.29) is 23.7 Å². The monoisotopic (exact) mass is 580 g/mol. The van der Waals surface area contributed by atoms with Gasteiger partial charge in [-0.05, 0) is 59.7 Å². The lowest BCUT2D eigenvalue weighted by Crippen LogP contribution is -2.13. The van der Waals surface area contributed by atoms with Crippen LogP contribution in [0.4, 0.5) is 26.3 Å². The number of hydrogen-bond donors (Lipinski definition) is 1. The van der Waals surface area contributed by atoms with Crippen LogP contribution in [-0.4, -0.2) is 10.5 Å². The highest BCUT2D eigenvalue weighted by Crippen LogP contribution is 2.40. The van der Waals surface area contributed by atoms with Crippen LogP contribution in [0.25, 0.3) is 32.9 Å². The number of amides is 1. The summed E-state index contributed by atoms with van der Waals surface area (Å²) in [6.07, 6.45) is -9.99. The molecule has 5 rings (SSSR count). The van der Waals surface area contributed by atoms with Crippen LogP contribution in [0.15, 0.2) is 72.8 Å². The Hall–Kier alpha value is -3.69. The van der Waals surface area contributed by atoms with Crippen LogP contribution in [0.2, 0.25) is 10.0 Å². The van der Waals surface area contributed by atoms with E-state index in [2.05, 4.69) is 0 Å². The molecule has 11 heteroatoms. The summed E-state index contributed by atoms with van der Waals surface area (Å²) in [6, 6.07) is 16.1. The van der Waals surface area contributed by atoms with Crippen LogP contribution in [0.5, 0.6) is 0 Å². The third-order valence-electron chi connectivity index (χ3n) is 6.40. The minimum Gasteiger partial charge on any atom is -0.366 e. The second-order valence-corrected chi connectivity index (χ2v) is 9.71. The quantitative estimate of drug-likeness (QED) is 0.212. The molecule has 1 amide bonds. The summed E-state index contributed by atoms with van der Waals surface area (Å²) in [5, 5.41) is 1.62. The highest BCUT2D eigenvalue weighted by atomic mass is 35.5. The molecule has 39 heavy (non-hydrogen) atoms. The summed E-state index contributed by atoms with van der Waals surface area (Å²) in [5.41, 5.74) is 4.55. The molecule has 0 radical (unpaired) electrons. The van der Waals surface area contributed by atoms with Crippen molar-refractivity contribution in [2.45, 2.75) is 18.9 Å². The number of primary amides is 1. The standard InChI is InChI=1S/C28H16Cl2F6N2O/c29-20-4-2-5-21(30)24(20)15-7-8-18-23(11-15)38(22-6-1-3-19(25(18)22)26(37)39)13-14-9-16(27(31,32)33)12-17(10-14)28(34,35)36/h1-12H,13H2,(H2,37,39). The van der Waals surface area contributed by atoms with E-state index in [4.69, 9.17) is 28.9 Å². The summed E-state index contributed by atoms with van der Waals surface area (Å²) in [7, 11) is 0. The molecule has 4 aromatic carbocycles. The average Bonchev–Trinajstić information content (AvgIpc) is 3.15. The van der Waals surface area contributed by atoms with E-state index in [9.17, 15) is 31.1 Å². The zero-order valence-corrected chi connectivity index (χ0v) is 21.1. The fourth-order valence-corrected chi connectivity index (χ4v) is 5.36. The Morgan fingerprint density at radius 3 is 1.92 bits per heavy atom. The van der Waals surface area contributed by atoms with Gasteiger partial charge in [0.1, 0.15) is 0 Å². The van der Waals surface area contributed by atoms with Crippen LogP contribution in [0.3, 0.4) is 0 Å². The lowest BCUT2D eigenvalue weighted by Gasteiger charge is -2.16. The molecule has 0 spiro atoms. The van der Waals surface area contributed by atoms with Crippen LogP contribution >= 0.6 is 23.2 Å². The van der Waals surface area contributed by atoms with E-state index in [0.29, 0.717) is 55.1 Å². The Morgan fingerprint density at radius 2 is 1.36 bits per heavy atom. The molecule has 3 nitrogen and oxygen atoms in total. The molecule has 2 N–H and O–H groups in total. The van der Waals surface area contributed by atoms with Crippen LogP contribution < -0.4 is 5.73 Å². The molecule has 1 aromatic heterocycles. The fourth-order valence-electron chi connectivity index (χ4n) is 4.74. The first kappa shape index (κ1) is 26.9. The van der Waals surface area contributed by atoms with Crippen molar-refractivity contribution < 1.29 is 31.1 Å². The number of nitrogens with zero attached hydrogens (tertiary/aromatic N) is 1. The Morgan fingerprint density at radius 1 is 0.769 bits per heavy atom. The smallest absolute Gasteiger partial charge is 0.366 e. The van der Waals surface area contributed by atoms with E-state index in [1.165, 1.54) is 12.1 Å².